The molecular weight excluding hydrogens is 198 g/mol. The van der Waals surface area contributed by atoms with Crippen molar-refractivity contribution in [2.75, 3.05) is 11.9 Å². The Morgan fingerprint density at radius 2 is 1.75 bits per heavy atom. The van der Waals surface area contributed by atoms with Gasteiger partial charge in [0, 0.05) is 26.0 Å². The van der Waals surface area contributed by atoms with E-state index in [-0.39, 0.29) is 0 Å². The van der Waals surface area contributed by atoms with Gasteiger partial charge in [-0.15, -0.1) is 0 Å². The Balaban J connectivity index is 2.14. The van der Waals surface area contributed by atoms with Crippen LogP contribution in [0.25, 0.3) is 0 Å². The molecule has 0 amide bonds. The molecule has 2 aromatic rings. The summed E-state index contributed by atoms with van der Waals surface area (Å²) >= 11 is 0. The predicted molar refractivity (Wildman–Crippen MR) is 65.3 cm³/mol. The number of benzene rings is 1. The Hall–Kier alpha value is -1.90. The lowest BCUT2D eigenvalue weighted by atomic mass is 10.1. The number of hydrogen-bond donors (Lipinski definition) is 0. The number of anilines is 1. The molecule has 1 aromatic carbocycles. The van der Waals surface area contributed by atoms with E-state index in [1.165, 1.54) is 11.1 Å². The minimum atomic E-state index is 0.755. The average Bonchev–Trinajstić information content (AvgIpc) is 2.33. The topological polar surface area (TPSA) is 29.0 Å². The van der Waals surface area contributed by atoms with Gasteiger partial charge in [-0.25, -0.2) is 9.97 Å². The fraction of sp³-hybridized carbons (Fsp3) is 0.231. The number of aryl methyl sites for hydroxylation is 1. The van der Waals surface area contributed by atoms with E-state index in [9.17, 15) is 0 Å². The highest BCUT2D eigenvalue weighted by molar-refractivity contribution is 5.33. The fourth-order valence-electron chi connectivity index (χ4n) is 1.60. The van der Waals surface area contributed by atoms with E-state index < -0.39 is 0 Å². The van der Waals surface area contributed by atoms with Crippen molar-refractivity contribution in [3.05, 3.63) is 53.9 Å². The molecule has 0 atom stereocenters. The van der Waals surface area contributed by atoms with Crippen LogP contribution in [0.1, 0.15) is 11.1 Å². The molecule has 0 aliphatic carbocycles. The van der Waals surface area contributed by atoms with E-state index in [0.717, 1.165) is 12.5 Å². The molecule has 82 valence electrons. The summed E-state index contributed by atoms with van der Waals surface area (Å²) < 4.78 is 0. The third-order valence-electron chi connectivity index (χ3n) is 2.56. The molecule has 3 nitrogen and oxygen atoms in total. The van der Waals surface area contributed by atoms with Gasteiger partial charge in [-0.1, -0.05) is 24.3 Å². The summed E-state index contributed by atoms with van der Waals surface area (Å²) in [4.78, 5) is 10.5. The van der Waals surface area contributed by atoms with E-state index >= 15 is 0 Å². The Morgan fingerprint density at radius 3 is 2.44 bits per heavy atom. The first-order valence-corrected chi connectivity index (χ1v) is 5.30. The quantitative estimate of drug-likeness (QED) is 0.784. The molecule has 3 heteroatoms. The third kappa shape index (κ3) is 2.37. The van der Waals surface area contributed by atoms with E-state index in [1.54, 1.807) is 12.4 Å². The standard InChI is InChI=1S/C13H15N3/c1-11-6-3-4-7-12(11)10-16(2)13-14-8-5-9-15-13/h3-9H,10H2,1-2H3. The SMILES string of the molecule is Cc1ccccc1CN(C)c1ncccn1. The van der Waals surface area contributed by atoms with Crippen LogP contribution in [0.3, 0.4) is 0 Å². The van der Waals surface area contributed by atoms with Gasteiger partial charge >= 0.3 is 0 Å². The molecule has 0 unspecified atom stereocenters. The van der Waals surface area contributed by atoms with Crippen LogP contribution >= 0.6 is 0 Å². The van der Waals surface area contributed by atoms with Crippen LogP contribution in [0.5, 0.6) is 0 Å². The Bertz CT molecular complexity index is 454. The first kappa shape index (κ1) is 10.6. The molecule has 0 N–H and O–H groups in total. The van der Waals surface area contributed by atoms with Crippen LogP contribution in [-0.2, 0) is 6.54 Å². The molecule has 0 radical (unpaired) electrons. The molecular formula is C13H15N3. The average molecular weight is 213 g/mol. The lowest BCUT2D eigenvalue weighted by Crippen LogP contribution is -2.19. The highest BCUT2D eigenvalue weighted by Crippen LogP contribution is 2.12. The second kappa shape index (κ2) is 4.75. The zero-order valence-electron chi connectivity index (χ0n) is 9.59. The fourth-order valence-corrected chi connectivity index (χ4v) is 1.60. The van der Waals surface area contributed by atoms with E-state index in [1.807, 2.05) is 18.0 Å². The number of hydrogen-bond acceptors (Lipinski definition) is 3. The van der Waals surface area contributed by atoms with Crippen molar-refractivity contribution in [1.82, 2.24) is 9.97 Å². The lowest BCUT2D eigenvalue weighted by Gasteiger charge is -2.17. The molecule has 0 spiro atoms. The van der Waals surface area contributed by atoms with Crippen molar-refractivity contribution in [3.63, 3.8) is 0 Å². The molecule has 0 saturated carbocycles. The van der Waals surface area contributed by atoms with Crippen molar-refractivity contribution in [3.8, 4) is 0 Å². The molecule has 0 fully saturated rings. The molecule has 0 aliphatic rings. The Morgan fingerprint density at radius 1 is 1.06 bits per heavy atom. The first-order chi connectivity index (χ1) is 7.77. The molecule has 16 heavy (non-hydrogen) atoms. The maximum absolute atomic E-state index is 4.22. The van der Waals surface area contributed by atoms with Gasteiger partial charge in [-0.05, 0) is 24.1 Å². The molecule has 0 saturated heterocycles. The van der Waals surface area contributed by atoms with Crippen molar-refractivity contribution < 1.29 is 0 Å². The smallest absolute Gasteiger partial charge is 0.225 e. The van der Waals surface area contributed by atoms with Crippen LogP contribution in [0.15, 0.2) is 42.7 Å². The summed E-state index contributed by atoms with van der Waals surface area (Å²) in [7, 11) is 2.00. The van der Waals surface area contributed by atoms with Crippen molar-refractivity contribution in [1.29, 1.82) is 0 Å². The van der Waals surface area contributed by atoms with Gasteiger partial charge in [0.25, 0.3) is 0 Å². The summed E-state index contributed by atoms with van der Waals surface area (Å²) in [5.74, 6) is 0.755. The first-order valence-electron chi connectivity index (χ1n) is 5.30. The molecule has 1 heterocycles. The Kier molecular flexibility index (Phi) is 3.15. The highest BCUT2D eigenvalue weighted by atomic mass is 15.2. The number of aromatic nitrogens is 2. The molecule has 1 aromatic heterocycles. The summed E-state index contributed by atoms with van der Waals surface area (Å²) in [6.45, 7) is 2.95. The van der Waals surface area contributed by atoms with Gasteiger partial charge in [0.05, 0.1) is 0 Å². The van der Waals surface area contributed by atoms with Crippen molar-refractivity contribution in [2.24, 2.45) is 0 Å². The predicted octanol–water partition coefficient (Wildman–Crippen LogP) is 2.42. The molecule has 2 rings (SSSR count). The monoisotopic (exact) mass is 213 g/mol. The number of nitrogens with zero attached hydrogens (tertiary/aromatic N) is 3. The summed E-state index contributed by atoms with van der Waals surface area (Å²) in [6.07, 6.45) is 3.52. The van der Waals surface area contributed by atoms with Gasteiger partial charge in [-0.2, -0.15) is 0 Å². The van der Waals surface area contributed by atoms with Crippen LogP contribution in [0, 0.1) is 6.92 Å². The van der Waals surface area contributed by atoms with E-state index in [4.69, 9.17) is 0 Å². The van der Waals surface area contributed by atoms with E-state index in [0.29, 0.717) is 0 Å². The number of rotatable bonds is 3. The van der Waals surface area contributed by atoms with Gasteiger partial charge in [-0.3, -0.25) is 0 Å². The normalized spacial score (nSPS) is 10.1. The van der Waals surface area contributed by atoms with Gasteiger partial charge in [0.15, 0.2) is 0 Å². The van der Waals surface area contributed by atoms with Crippen LogP contribution in [0.2, 0.25) is 0 Å². The van der Waals surface area contributed by atoms with Crippen molar-refractivity contribution in [2.45, 2.75) is 13.5 Å². The highest BCUT2D eigenvalue weighted by Gasteiger charge is 2.05. The van der Waals surface area contributed by atoms with Crippen molar-refractivity contribution >= 4 is 5.95 Å². The third-order valence-corrected chi connectivity index (χ3v) is 2.56. The minimum absolute atomic E-state index is 0.755. The molecule has 0 aliphatic heterocycles. The van der Waals surface area contributed by atoms with Gasteiger partial charge in [0.2, 0.25) is 5.95 Å². The molecule has 0 bridgehead atoms. The second-order valence-electron chi connectivity index (χ2n) is 3.83. The summed E-state index contributed by atoms with van der Waals surface area (Å²) in [6, 6.07) is 10.2. The maximum Gasteiger partial charge on any atom is 0.225 e. The largest absolute Gasteiger partial charge is 0.340 e. The minimum Gasteiger partial charge on any atom is -0.340 e. The second-order valence-corrected chi connectivity index (χ2v) is 3.83. The summed E-state index contributed by atoms with van der Waals surface area (Å²) in [5.41, 5.74) is 2.60. The zero-order chi connectivity index (χ0) is 11.4. The van der Waals surface area contributed by atoms with E-state index in [2.05, 4.69) is 41.2 Å². The van der Waals surface area contributed by atoms with Gasteiger partial charge < -0.3 is 4.90 Å². The van der Waals surface area contributed by atoms with Crippen LogP contribution in [0.4, 0.5) is 5.95 Å². The zero-order valence-corrected chi connectivity index (χ0v) is 9.59. The lowest BCUT2D eigenvalue weighted by molar-refractivity contribution is 0.861. The van der Waals surface area contributed by atoms with Crippen LogP contribution < -0.4 is 4.90 Å². The Labute approximate surface area is 95.8 Å². The van der Waals surface area contributed by atoms with Crippen LogP contribution in [-0.4, -0.2) is 17.0 Å². The van der Waals surface area contributed by atoms with Gasteiger partial charge in [0.1, 0.15) is 0 Å². The maximum atomic E-state index is 4.22. The summed E-state index contributed by atoms with van der Waals surface area (Å²) in [5, 5.41) is 0.